The van der Waals surface area contributed by atoms with Gasteiger partial charge in [-0.2, -0.15) is 0 Å². The average Bonchev–Trinajstić information content (AvgIpc) is 2.72. The topological polar surface area (TPSA) is 80.5 Å². The number of carboxylic acids is 1. The van der Waals surface area contributed by atoms with E-state index in [1.807, 2.05) is 24.3 Å². The van der Waals surface area contributed by atoms with Crippen molar-refractivity contribution in [3.63, 3.8) is 0 Å². The van der Waals surface area contributed by atoms with Crippen LogP contribution < -0.4 is 10.6 Å². The van der Waals surface area contributed by atoms with E-state index in [1.165, 1.54) is 0 Å². The van der Waals surface area contributed by atoms with Crippen molar-refractivity contribution < 1.29 is 14.7 Å². The highest BCUT2D eigenvalue weighted by Gasteiger charge is 2.22. The number of carbonyl (C=O) groups excluding carboxylic acids is 1. The summed E-state index contributed by atoms with van der Waals surface area (Å²) < 4.78 is 0. The average molecular weight is 231 g/mol. The molecule has 0 saturated carbocycles. The molecule has 0 bridgehead atoms. The van der Waals surface area contributed by atoms with E-state index in [2.05, 4.69) is 10.6 Å². The molecule has 0 aliphatic carbocycles. The molecule has 1 heterocycles. The Bertz CT molecular complexity index is 482. The lowest BCUT2D eigenvalue weighted by molar-refractivity contribution is -0.140. The predicted octanol–water partition coefficient (Wildman–Crippen LogP) is 0.866. The zero-order valence-corrected chi connectivity index (χ0v) is 8.96. The van der Waals surface area contributed by atoms with Crippen LogP contribution in [-0.2, 0) is 9.59 Å². The minimum absolute atomic E-state index is 0.231. The third-order valence-electron chi connectivity index (χ3n) is 2.60. The molecule has 5 nitrogen and oxygen atoms in total. The number of benzene rings is 1. The van der Waals surface area contributed by atoms with Gasteiger partial charge in [0.15, 0.2) is 0 Å². The fourth-order valence-electron chi connectivity index (χ4n) is 1.76. The van der Waals surface area contributed by atoms with Crippen LogP contribution >= 0.6 is 0 Å². The Balaban J connectivity index is 2.15. The first-order valence-corrected chi connectivity index (χ1v) is 5.14. The Labute approximate surface area is 98.1 Å². The number of para-hydroxylation sites is 1. The van der Waals surface area contributed by atoms with E-state index >= 15 is 0 Å². The molecule has 87 valence electrons. The zero-order chi connectivity index (χ0) is 12.3. The van der Waals surface area contributed by atoms with Crippen LogP contribution in [0.25, 0.3) is 5.57 Å². The van der Waals surface area contributed by atoms with Crippen molar-refractivity contribution in [1.82, 2.24) is 10.6 Å². The lowest BCUT2D eigenvalue weighted by atomic mass is 10.0. The number of fused-ring (bicyclic) bond motifs is 1. The van der Waals surface area contributed by atoms with Crippen LogP contribution in [0.4, 0.5) is 5.69 Å². The number of amides is 1. The van der Waals surface area contributed by atoms with E-state index in [1.54, 1.807) is 6.20 Å². The van der Waals surface area contributed by atoms with Gasteiger partial charge in [-0.1, -0.05) is 18.2 Å². The number of nitrogens with one attached hydrogen (secondary N) is 1. The van der Waals surface area contributed by atoms with Gasteiger partial charge in [0, 0.05) is 18.2 Å². The number of hydrogen-bond acceptors (Lipinski definition) is 2. The van der Waals surface area contributed by atoms with Crippen LogP contribution in [0.2, 0.25) is 0 Å². The number of nitrogens with zero attached hydrogens (tertiary/aromatic N) is 1. The molecule has 17 heavy (non-hydrogen) atoms. The first kappa shape index (κ1) is 11.2. The van der Waals surface area contributed by atoms with Crippen molar-refractivity contribution in [3.05, 3.63) is 36.0 Å². The standard InChI is InChI=1S/C12H11N2O3/c15-7-14-11(12(16)17)5-8-6-13-10-4-2-1-3-9(8)10/h1-4,6-7,11H,5H2,(H,14,15)(H,16,17). The Morgan fingerprint density at radius 1 is 1.47 bits per heavy atom. The van der Waals surface area contributed by atoms with Crippen molar-refractivity contribution in [2.45, 2.75) is 12.5 Å². The first-order chi connectivity index (χ1) is 8.22. The van der Waals surface area contributed by atoms with Crippen LogP contribution in [0.5, 0.6) is 0 Å². The lowest BCUT2D eigenvalue weighted by Crippen LogP contribution is -2.35. The highest BCUT2D eigenvalue weighted by molar-refractivity contribution is 5.84. The monoisotopic (exact) mass is 231 g/mol. The molecule has 2 rings (SSSR count). The number of carboxylic acid groups (broad SMARTS) is 1. The van der Waals surface area contributed by atoms with E-state index in [4.69, 9.17) is 5.11 Å². The van der Waals surface area contributed by atoms with Crippen molar-refractivity contribution >= 4 is 23.6 Å². The summed E-state index contributed by atoms with van der Waals surface area (Å²) in [6, 6.07) is 6.58. The number of aliphatic carboxylic acids is 1. The number of rotatable bonds is 5. The molecule has 0 fully saturated rings. The third-order valence-corrected chi connectivity index (χ3v) is 2.60. The normalized spacial score (nSPS) is 14.2. The second-order valence-corrected chi connectivity index (χ2v) is 3.68. The summed E-state index contributed by atoms with van der Waals surface area (Å²) in [5.41, 5.74) is 2.58. The summed E-state index contributed by atoms with van der Waals surface area (Å²) in [6.45, 7) is 0. The molecule has 1 aromatic rings. The summed E-state index contributed by atoms with van der Waals surface area (Å²) in [7, 11) is 0. The van der Waals surface area contributed by atoms with Crippen molar-refractivity contribution in [3.8, 4) is 0 Å². The Hall–Kier alpha value is -2.30. The second kappa shape index (κ2) is 4.69. The van der Waals surface area contributed by atoms with Crippen LogP contribution in [0.1, 0.15) is 12.0 Å². The van der Waals surface area contributed by atoms with Crippen LogP contribution in [0.15, 0.2) is 30.5 Å². The molecule has 0 spiro atoms. The molecule has 1 aromatic carbocycles. The van der Waals surface area contributed by atoms with Gasteiger partial charge in [0.05, 0.1) is 5.69 Å². The van der Waals surface area contributed by atoms with Gasteiger partial charge < -0.3 is 10.4 Å². The quantitative estimate of drug-likeness (QED) is 0.738. The molecule has 1 atom stereocenters. The SMILES string of the molecule is O=CNC(CC1=C[N]c2ccccc21)C(=O)O. The maximum Gasteiger partial charge on any atom is 0.326 e. The van der Waals surface area contributed by atoms with Gasteiger partial charge in [0.1, 0.15) is 6.04 Å². The van der Waals surface area contributed by atoms with Gasteiger partial charge in [-0.05, 0) is 11.6 Å². The fraction of sp³-hybridized carbons (Fsp3) is 0.167. The van der Waals surface area contributed by atoms with Gasteiger partial charge in [-0.15, -0.1) is 0 Å². The number of hydrogen-bond donors (Lipinski definition) is 2. The summed E-state index contributed by atoms with van der Waals surface area (Å²) in [5.74, 6) is -1.05. The molecule has 2 N–H and O–H groups in total. The van der Waals surface area contributed by atoms with Crippen LogP contribution in [-0.4, -0.2) is 23.5 Å². The molecular formula is C12H11N2O3. The summed E-state index contributed by atoms with van der Waals surface area (Å²) >= 11 is 0. The Morgan fingerprint density at radius 2 is 2.24 bits per heavy atom. The van der Waals surface area contributed by atoms with Crippen molar-refractivity contribution in [1.29, 1.82) is 0 Å². The van der Waals surface area contributed by atoms with Crippen molar-refractivity contribution in [2.75, 3.05) is 0 Å². The van der Waals surface area contributed by atoms with Gasteiger partial charge in [0.25, 0.3) is 0 Å². The van der Waals surface area contributed by atoms with Crippen molar-refractivity contribution in [2.24, 2.45) is 0 Å². The van der Waals surface area contributed by atoms with Crippen LogP contribution in [0, 0.1) is 0 Å². The lowest BCUT2D eigenvalue weighted by Gasteiger charge is -2.11. The Kier molecular flexibility index (Phi) is 3.09. The maximum absolute atomic E-state index is 10.9. The molecule has 1 radical (unpaired) electrons. The predicted molar refractivity (Wildman–Crippen MR) is 61.5 cm³/mol. The summed E-state index contributed by atoms with van der Waals surface area (Å²) in [4.78, 5) is 21.2. The molecule has 1 unspecified atom stereocenters. The fourth-order valence-corrected chi connectivity index (χ4v) is 1.76. The van der Waals surface area contributed by atoms with Crippen LogP contribution in [0.3, 0.4) is 0 Å². The highest BCUT2D eigenvalue weighted by atomic mass is 16.4. The molecule has 1 aliphatic rings. The second-order valence-electron chi connectivity index (χ2n) is 3.68. The Morgan fingerprint density at radius 3 is 2.94 bits per heavy atom. The summed E-state index contributed by atoms with van der Waals surface area (Å²) in [6.07, 6.45) is 2.28. The molecule has 5 heteroatoms. The summed E-state index contributed by atoms with van der Waals surface area (Å²) in [5, 5.41) is 15.4. The molecule has 1 amide bonds. The highest BCUT2D eigenvalue weighted by Crippen LogP contribution is 2.32. The zero-order valence-electron chi connectivity index (χ0n) is 8.96. The molecular weight excluding hydrogens is 220 g/mol. The van der Waals surface area contributed by atoms with Gasteiger partial charge in [-0.3, -0.25) is 10.1 Å². The third kappa shape index (κ3) is 2.28. The largest absolute Gasteiger partial charge is 0.480 e. The first-order valence-electron chi connectivity index (χ1n) is 5.14. The van der Waals surface area contributed by atoms with E-state index < -0.39 is 12.0 Å². The van der Waals surface area contributed by atoms with Gasteiger partial charge in [-0.25, -0.2) is 4.79 Å². The van der Waals surface area contributed by atoms with E-state index in [-0.39, 0.29) is 6.42 Å². The van der Waals surface area contributed by atoms with Gasteiger partial charge in [0.2, 0.25) is 6.41 Å². The maximum atomic E-state index is 10.9. The van der Waals surface area contributed by atoms with E-state index in [9.17, 15) is 9.59 Å². The van der Waals surface area contributed by atoms with E-state index in [0.29, 0.717) is 6.41 Å². The minimum atomic E-state index is -1.05. The minimum Gasteiger partial charge on any atom is -0.480 e. The molecule has 1 aliphatic heterocycles. The molecule has 0 aromatic heterocycles. The smallest absolute Gasteiger partial charge is 0.326 e. The molecule has 0 saturated heterocycles. The van der Waals surface area contributed by atoms with E-state index in [0.717, 1.165) is 16.8 Å². The number of carbonyl (C=O) groups is 2. The van der Waals surface area contributed by atoms with Gasteiger partial charge >= 0.3 is 5.97 Å².